The highest BCUT2D eigenvalue weighted by Crippen LogP contribution is 2.35. The molecule has 98 valence electrons. The van der Waals surface area contributed by atoms with Crippen LogP contribution >= 0.6 is 0 Å². The zero-order valence-electron chi connectivity index (χ0n) is 11.0. The van der Waals surface area contributed by atoms with Crippen molar-refractivity contribution in [2.45, 2.75) is 26.7 Å². The molecule has 1 aromatic rings. The number of benzene rings is 1. The third-order valence-corrected chi connectivity index (χ3v) is 3.75. The Hall–Kier alpha value is -1.97. The SMILES string of the molecule is Cc1cc(C)c2c(c1)C(=O)C(=O)N2CC(=O)C1CC1. The second kappa shape index (κ2) is 4.02. The highest BCUT2D eigenvalue weighted by atomic mass is 16.2. The number of Topliss-reactive ketones (excluding diaryl/α,β-unsaturated/α-hetero) is 2. The van der Waals surface area contributed by atoms with Crippen molar-refractivity contribution in [3.05, 3.63) is 28.8 Å². The van der Waals surface area contributed by atoms with Gasteiger partial charge in [0.2, 0.25) is 0 Å². The molecule has 0 radical (unpaired) electrons. The summed E-state index contributed by atoms with van der Waals surface area (Å²) in [7, 11) is 0. The van der Waals surface area contributed by atoms with E-state index in [1.54, 1.807) is 6.07 Å². The second-order valence-electron chi connectivity index (χ2n) is 5.44. The lowest BCUT2D eigenvalue weighted by atomic mass is 10.0. The first-order valence-electron chi connectivity index (χ1n) is 6.49. The molecular weight excluding hydrogens is 242 g/mol. The quantitative estimate of drug-likeness (QED) is 0.776. The molecule has 1 fully saturated rings. The van der Waals surface area contributed by atoms with Gasteiger partial charge >= 0.3 is 0 Å². The van der Waals surface area contributed by atoms with Crippen LogP contribution in [-0.4, -0.2) is 24.0 Å². The van der Waals surface area contributed by atoms with Crippen molar-refractivity contribution in [3.63, 3.8) is 0 Å². The Morgan fingerprint density at radius 3 is 2.58 bits per heavy atom. The van der Waals surface area contributed by atoms with Crippen molar-refractivity contribution in [1.82, 2.24) is 0 Å². The van der Waals surface area contributed by atoms with Gasteiger partial charge in [0.05, 0.1) is 17.8 Å². The van der Waals surface area contributed by atoms with E-state index in [-0.39, 0.29) is 18.2 Å². The van der Waals surface area contributed by atoms with Crippen molar-refractivity contribution in [2.24, 2.45) is 5.92 Å². The number of hydrogen-bond acceptors (Lipinski definition) is 3. The van der Waals surface area contributed by atoms with E-state index >= 15 is 0 Å². The first kappa shape index (κ1) is 12.1. The monoisotopic (exact) mass is 257 g/mol. The van der Waals surface area contributed by atoms with Gasteiger partial charge in [-0.3, -0.25) is 19.3 Å². The van der Waals surface area contributed by atoms with Gasteiger partial charge in [-0.1, -0.05) is 6.07 Å². The Morgan fingerprint density at radius 1 is 1.26 bits per heavy atom. The zero-order valence-corrected chi connectivity index (χ0v) is 11.0. The average molecular weight is 257 g/mol. The number of carbonyl (C=O) groups excluding carboxylic acids is 3. The predicted octanol–water partition coefficient (Wildman–Crippen LogP) is 1.81. The number of nitrogens with zero attached hydrogens (tertiary/aromatic N) is 1. The summed E-state index contributed by atoms with van der Waals surface area (Å²) >= 11 is 0. The van der Waals surface area contributed by atoms with Crippen molar-refractivity contribution >= 4 is 23.2 Å². The van der Waals surface area contributed by atoms with Gasteiger partial charge < -0.3 is 0 Å². The summed E-state index contributed by atoms with van der Waals surface area (Å²) in [5.41, 5.74) is 2.88. The van der Waals surface area contributed by atoms with Crippen molar-refractivity contribution in [3.8, 4) is 0 Å². The summed E-state index contributed by atoms with van der Waals surface area (Å²) in [5.74, 6) is -0.908. The van der Waals surface area contributed by atoms with Gasteiger partial charge in [0, 0.05) is 5.92 Å². The highest BCUT2D eigenvalue weighted by molar-refractivity contribution is 6.52. The molecule has 4 heteroatoms. The molecule has 1 heterocycles. The van der Waals surface area contributed by atoms with E-state index in [0.29, 0.717) is 11.3 Å². The Bertz CT molecular complexity index is 614. The van der Waals surface area contributed by atoms with Gasteiger partial charge in [0.1, 0.15) is 0 Å². The van der Waals surface area contributed by atoms with Gasteiger partial charge in [-0.25, -0.2) is 0 Å². The molecule has 1 saturated carbocycles. The third-order valence-electron chi connectivity index (χ3n) is 3.75. The van der Waals surface area contributed by atoms with E-state index < -0.39 is 11.7 Å². The standard InChI is InChI=1S/C15H15NO3/c1-8-5-9(2)13-11(6-8)14(18)15(19)16(13)7-12(17)10-3-4-10/h5-6,10H,3-4,7H2,1-2H3. The lowest BCUT2D eigenvalue weighted by molar-refractivity contribution is -0.121. The maximum absolute atomic E-state index is 12.0. The Morgan fingerprint density at radius 2 is 1.95 bits per heavy atom. The van der Waals surface area contributed by atoms with E-state index in [1.807, 2.05) is 19.9 Å². The molecule has 4 nitrogen and oxygen atoms in total. The number of ketones is 2. The fourth-order valence-corrected chi connectivity index (χ4v) is 2.67. The van der Waals surface area contributed by atoms with Gasteiger partial charge in [-0.15, -0.1) is 0 Å². The lowest BCUT2D eigenvalue weighted by Gasteiger charge is -2.17. The first-order valence-corrected chi connectivity index (χ1v) is 6.49. The molecular formula is C15H15NO3. The molecule has 0 atom stereocenters. The molecule has 1 aliphatic heterocycles. The van der Waals surface area contributed by atoms with Crippen molar-refractivity contribution < 1.29 is 14.4 Å². The molecule has 0 aromatic heterocycles. The summed E-state index contributed by atoms with van der Waals surface area (Å²) in [4.78, 5) is 37.3. The van der Waals surface area contributed by atoms with Crippen LogP contribution in [0, 0.1) is 19.8 Å². The van der Waals surface area contributed by atoms with E-state index in [0.717, 1.165) is 24.0 Å². The van der Waals surface area contributed by atoms with Crippen molar-refractivity contribution in [1.29, 1.82) is 0 Å². The molecule has 0 saturated heterocycles. The minimum absolute atomic E-state index is 0.0339. The van der Waals surface area contributed by atoms with Gasteiger partial charge in [-0.2, -0.15) is 0 Å². The van der Waals surface area contributed by atoms with Crippen LogP contribution in [0.3, 0.4) is 0 Å². The topological polar surface area (TPSA) is 54.5 Å². The molecule has 0 N–H and O–H groups in total. The Kier molecular flexibility index (Phi) is 2.55. The third kappa shape index (κ3) is 1.87. The molecule has 3 rings (SSSR count). The van der Waals surface area contributed by atoms with Crippen LogP contribution in [0.5, 0.6) is 0 Å². The molecule has 1 amide bonds. The van der Waals surface area contributed by atoms with E-state index in [2.05, 4.69) is 0 Å². The van der Waals surface area contributed by atoms with E-state index in [1.165, 1.54) is 4.90 Å². The maximum Gasteiger partial charge on any atom is 0.299 e. The zero-order chi connectivity index (χ0) is 13.7. The normalized spacial score (nSPS) is 17.9. The number of rotatable bonds is 3. The number of carbonyl (C=O) groups is 3. The molecule has 0 unspecified atom stereocenters. The minimum atomic E-state index is -0.572. The lowest BCUT2D eigenvalue weighted by Crippen LogP contribution is -2.35. The molecule has 1 aromatic carbocycles. The predicted molar refractivity (Wildman–Crippen MR) is 70.3 cm³/mol. The Balaban J connectivity index is 2.01. The van der Waals surface area contributed by atoms with Crippen LogP contribution in [0.25, 0.3) is 0 Å². The minimum Gasteiger partial charge on any atom is -0.297 e. The summed E-state index contributed by atoms with van der Waals surface area (Å²) in [5, 5.41) is 0. The van der Waals surface area contributed by atoms with Gasteiger partial charge in [-0.05, 0) is 43.9 Å². The van der Waals surface area contributed by atoms with E-state index in [9.17, 15) is 14.4 Å². The summed E-state index contributed by atoms with van der Waals surface area (Å²) in [6, 6.07) is 3.66. The van der Waals surface area contributed by atoms with Crippen LogP contribution in [-0.2, 0) is 9.59 Å². The summed E-state index contributed by atoms with van der Waals surface area (Å²) in [6.45, 7) is 3.79. The number of aryl methyl sites for hydroxylation is 2. The molecule has 0 spiro atoms. The number of anilines is 1. The highest BCUT2D eigenvalue weighted by Gasteiger charge is 2.40. The van der Waals surface area contributed by atoms with Crippen LogP contribution in [0.4, 0.5) is 5.69 Å². The maximum atomic E-state index is 12.0. The smallest absolute Gasteiger partial charge is 0.297 e. The van der Waals surface area contributed by atoms with Gasteiger partial charge in [0.25, 0.3) is 11.7 Å². The number of fused-ring (bicyclic) bond motifs is 1. The fraction of sp³-hybridized carbons (Fsp3) is 0.400. The number of hydrogen-bond donors (Lipinski definition) is 0. The van der Waals surface area contributed by atoms with Crippen LogP contribution < -0.4 is 4.90 Å². The first-order chi connectivity index (χ1) is 8.99. The summed E-state index contributed by atoms with van der Waals surface area (Å²) < 4.78 is 0. The van der Waals surface area contributed by atoms with E-state index in [4.69, 9.17) is 0 Å². The van der Waals surface area contributed by atoms with Crippen LogP contribution in [0.2, 0.25) is 0 Å². The number of amides is 1. The summed E-state index contributed by atoms with van der Waals surface area (Å²) in [6.07, 6.45) is 1.82. The molecule has 0 bridgehead atoms. The van der Waals surface area contributed by atoms with Crippen molar-refractivity contribution in [2.75, 3.05) is 11.4 Å². The van der Waals surface area contributed by atoms with Gasteiger partial charge in [0.15, 0.2) is 5.78 Å². The average Bonchev–Trinajstić information content (AvgIpc) is 3.15. The Labute approximate surface area is 111 Å². The largest absolute Gasteiger partial charge is 0.299 e. The second-order valence-corrected chi connectivity index (χ2v) is 5.44. The molecule has 2 aliphatic rings. The molecule has 1 aliphatic carbocycles. The van der Waals surface area contributed by atoms with Crippen LogP contribution in [0.15, 0.2) is 12.1 Å². The van der Waals surface area contributed by atoms with Crippen LogP contribution in [0.1, 0.15) is 34.3 Å². The fourth-order valence-electron chi connectivity index (χ4n) is 2.67. The molecule has 19 heavy (non-hydrogen) atoms.